The van der Waals surface area contributed by atoms with Crippen LogP contribution in [0.4, 0.5) is 4.39 Å². The van der Waals surface area contributed by atoms with E-state index in [1.807, 2.05) is 0 Å². The van der Waals surface area contributed by atoms with Gasteiger partial charge in [-0.1, -0.05) is 23.2 Å². The fourth-order valence-electron chi connectivity index (χ4n) is 1.83. The first kappa shape index (κ1) is 12.9. The minimum absolute atomic E-state index is 0.341. The standard InChI is InChI=1S/C13H6BrCl2FN2/c14-9-4-11-12(5-10(9)17)19-13(18-11)6-1-7(15)3-8(16)2-6/h1-5H,(H,18,19). The van der Waals surface area contributed by atoms with Gasteiger partial charge in [-0.25, -0.2) is 9.37 Å². The quantitative estimate of drug-likeness (QED) is 0.615. The number of nitrogens with zero attached hydrogens (tertiary/aromatic N) is 1. The summed E-state index contributed by atoms with van der Waals surface area (Å²) >= 11 is 15.0. The van der Waals surface area contributed by atoms with Crippen molar-refractivity contribution < 1.29 is 4.39 Å². The number of hydrogen-bond donors (Lipinski definition) is 1. The van der Waals surface area contributed by atoms with Crippen LogP contribution < -0.4 is 0 Å². The summed E-state index contributed by atoms with van der Waals surface area (Å²) < 4.78 is 13.8. The highest BCUT2D eigenvalue weighted by atomic mass is 79.9. The molecule has 0 saturated carbocycles. The van der Waals surface area contributed by atoms with Crippen molar-refractivity contribution in [3.8, 4) is 11.4 Å². The maximum Gasteiger partial charge on any atom is 0.139 e. The monoisotopic (exact) mass is 358 g/mol. The Bertz CT molecular complexity index is 726. The Kier molecular flexibility index (Phi) is 3.25. The topological polar surface area (TPSA) is 28.7 Å². The van der Waals surface area contributed by atoms with E-state index in [4.69, 9.17) is 23.2 Å². The van der Waals surface area contributed by atoms with Gasteiger partial charge in [-0.3, -0.25) is 0 Å². The lowest BCUT2D eigenvalue weighted by molar-refractivity contribution is 0.623. The predicted molar refractivity (Wildman–Crippen MR) is 79.2 cm³/mol. The van der Waals surface area contributed by atoms with Crippen LogP contribution in [0, 0.1) is 5.82 Å². The van der Waals surface area contributed by atoms with E-state index in [9.17, 15) is 4.39 Å². The predicted octanol–water partition coefficient (Wildman–Crippen LogP) is 5.44. The highest BCUT2D eigenvalue weighted by Crippen LogP contribution is 2.28. The van der Waals surface area contributed by atoms with Gasteiger partial charge < -0.3 is 4.98 Å². The number of H-pyrrole nitrogens is 1. The van der Waals surface area contributed by atoms with Crippen molar-refractivity contribution in [3.63, 3.8) is 0 Å². The largest absolute Gasteiger partial charge is 0.338 e. The zero-order chi connectivity index (χ0) is 13.6. The van der Waals surface area contributed by atoms with Gasteiger partial charge in [0.2, 0.25) is 0 Å². The number of hydrogen-bond acceptors (Lipinski definition) is 1. The van der Waals surface area contributed by atoms with Crippen molar-refractivity contribution in [3.05, 3.63) is 50.7 Å². The van der Waals surface area contributed by atoms with Gasteiger partial charge in [0.1, 0.15) is 11.6 Å². The molecule has 0 spiro atoms. The molecule has 0 fully saturated rings. The number of fused-ring (bicyclic) bond motifs is 1. The van der Waals surface area contributed by atoms with E-state index in [0.29, 0.717) is 31.4 Å². The van der Waals surface area contributed by atoms with Crippen LogP contribution in [-0.2, 0) is 0 Å². The van der Waals surface area contributed by atoms with Crippen LogP contribution in [0.3, 0.4) is 0 Å². The average molecular weight is 360 g/mol. The van der Waals surface area contributed by atoms with Crippen LogP contribution >= 0.6 is 39.1 Å². The SMILES string of the molecule is Fc1cc2[nH]c(-c3cc(Cl)cc(Cl)c3)nc2cc1Br. The minimum Gasteiger partial charge on any atom is -0.338 e. The van der Waals surface area contributed by atoms with E-state index in [1.165, 1.54) is 6.07 Å². The molecule has 0 radical (unpaired) electrons. The number of benzene rings is 2. The van der Waals surface area contributed by atoms with Crippen molar-refractivity contribution in [2.75, 3.05) is 0 Å². The smallest absolute Gasteiger partial charge is 0.139 e. The molecule has 1 N–H and O–H groups in total. The molecule has 0 aliphatic heterocycles. The summed E-state index contributed by atoms with van der Waals surface area (Å²) in [5.41, 5.74) is 2.04. The lowest BCUT2D eigenvalue weighted by Crippen LogP contribution is -1.80. The van der Waals surface area contributed by atoms with Crippen molar-refractivity contribution in [2.24, 2.45) is 0 Å². The summed E-state index contributed by atoms with van der Waals surface area (Å²) in [7, 11) is 0. The van der Waals surface area contributed by atoms with Crippen molar-refractivity contribution >= 4 is 50.2 Å². The third-order valence-corrected chi connectivity index (χ3v) is 3.70. The number of halogens is 4. The first-order valence-corrected chi connectivity index (χ1v) is 6.89. The van der Waals surface area contributed by atoms with Crippen LogP contribution in [0.2, 0.25) is 10.0 Å². The molecule has 3 aromatic rings. The molecule has 2 nitrogen and oxygen atoms in total. The Hall–Kier alpha value is -1.10. The number of imidazole rings is 1. The molecule has 3 rings (SSSR count). The number of aromatic amines is 1. The lowest BCUT2D eigenvalue weighted by atomic mass is 10.2. The zero-order valence-corrected chi connectivity index (χ0v) is 12.4. The second-order valence-electron chi connectivity index (χ2n) is 4.03. The molecule has 0 amide bonds. The molecule has 2 aromatic carbocycles. The van der Waals surface area contributed by atoms with E-state index in [1.54, 1.807) is 24.3 Å². The molecule has 0 atom stereocenters. The van der Waals surface area contributed by atoms with Crippen LogP contribution in [0.15, 0.2) is 34.8 Å². The molecule has 1 heterocycles. The highest BCUT2D eigenvalue weighted by Gasteiger charge is 2.10. The Morgan fingerprint density at radius 2 is 1.74 bits per heavy atom. The summed E-state index contributed by atoms with van der Waals surface area (Å²) in [6.45, 7) is 0. The van der Waals surface area contributed by atoms with Gasteiger partial charge >= 0.3 is 0 Å². The van der Waals surface area contributed by atoms with E-state index in [-0.39, 0.29) is 5.82 Å². The second-order valence-corrected chi connectivity index (χ2v) is 5.75. The summed E-state index contributed by atoms with van der Waals surface area (Å²) in [5, 5.41) is 1.05. The fraction of sp³-hybridized carbons (Fsp3) is 0. The average Bonchev–Trinajstić information content (AvgIpc) is 2.71. The third-order valence-electron chi connectivity index (χ3n) is 2.66. The first-order valence-electron chi connectivity index (χ1n) is 5.34. The second kappa shape index (κ2) is 4.78. The van der Waals surface area contributed by atoms with E-state index < -0.39 is 0 Å². The summed E-state index contributed by atoms with van der Waals surface area (Å²) in [5.74, 6) is 0.253. The lowest BCUT2D eigenvalue weighted by Gasteiger charge is -1.98. The van der Waals surface area contributed by atoms with Crippen LogP contribution in [0.25, 0.3) is 22.4 Å². The molecule has 0 aliphatic rings. The van der Waals surface area contributed by atoms with Gasteiger partial charge in [0.25, 0.3) is 0 Å². The molecule has 0 unspecified atom stereocenters. The Morgan fingerprint density at radius 3 is 2.42 bits per heavy atom. The molecule has 0 saturated heterocycles. The van der Waals surface area contributed by atoms with Crippen molar-refractivity contribution in [2.45, 2.75) is 0 Å². The fourth-order valence-corrected chi connectivity index (χ4v) is 2.69. The summed E-state index contributed by atoms with van der Waals surface area (Å²) in [4.78, 5) is 7.44. The van der Waals surface area contributed by atoms with E-state index in [0.717, 1.165) is 5.56 Å². The van der Waals surface area contributed by atoms with E-state index in [2.05, 4.69) is 25.9 Å². The number of nitrogens with one attached hydrogen (secondary N) is 1. The van der Waals surface area contributed by atoms with Crippen molar-refractivity contribution in [1.82, 2.24) is 9.97 Å². The van der Waals surface area contributed by atoms with Crippen LogP contribution in [-0.4, -0.2) is 9.97 Å². The van der Waals surface area contributed by atoms with Gasteiger partial charge in [-0.05, 0) is 40.2 Å². The molecule has 6 heteroatoms. The molecule has 96 valence electrons. The molecule has 0 bridgehead atoms. The summed E-state index contributed by atoms with van der Waals surface area (Å²) in [6, 6.07) is 8.15. The third kappa shape index (κ3) is 2.48. The van der Waals surface area contributed by atoms with Crippen LogP contribution in [0.1, 0.15) is 0 Å². The van der Waals surface area contributed by atoms with E-state index >= 15 is 0 Å². The highest BCUT2D eigenvalue weighted by molar-refractivity contribution is 9.10. The van der Waals surface area contributed by atoms with Gasteiger partial charge in [0.05, 0.1) is 15.5 Å². The van der Waals surface area contributed by atoms with Gasteiger partial charge in [-0.15, -0.1) is 0 Å². The van der Waals surface area contributed by atoms with Crippen molar-refractivity contribution in [1.29, 1.82) is 0 Å². The maximum absolute atomic E-state index is 13.5. The Morgan fingerprint density at radius 1 is 1.05 bits per heavy atom. The Labute approximate surface area is 126 Å². The zero-order valence-electron chi connectivity index (χ0n) is 9.35. The van der Waals surface area contributed by atoms with Gasteiger partial charge in [0, 0.05) is 21.7 Å². The summed E-state index contributed by atoms with van der Waals surface area (Å²) in [6.07, 6.45) is 0. The molecular formula is C13H6BrCl2FN2. The first-order chi connectivity index (χ1) is 9.02. The Balaban J connectivity index is 2.20. The van der Waals surface area contributed by atoms with Gasteiger partial charge in [0.15, 0.2) is 0 Å². The number of rotatable bonds is 1. The molecule has 1 aromatic heterocycles. The molecular weight excluding hydrogens is 354 g/mol. The van der Waals surface area contributed by atoms with Crippen LogP contribution in [0.5, 0.6) is 0 Å². The minimum atomic E-state index is -0.341. The maximum atomic E-state index is 13.5. The normalized spacial score (nSPS) is 11.2. The molecule has 0 aliphatic carbocycles. The van der Waals surface area contributed by atoms with Gasteiger partial charge in [-0.2, -0.15) is 0 Å². The number of aromatic nitrogens is 2. The molecule has 19 heavy (non-hydrogen) atoms.